The van der Waals surface area contributed by atoms with Gasteiger partial charge in [-0.1, -0.05) is 17.7 Å². The maximum atomic E-state index is 13.0. The molecule has 2 aromatic carbocycles. The van der Waals surface area contributed by atoms with E-state index in [4.69, 9.17) is 16.3 Å². The second kappa shape index (κ2) is 7.47. The second-order valence-corrected chi connectivity index (χ2v) is 8.69. The van der Waals surface area contributed by atoms with Crippen molar-refractivity contribution < 1.29 is 14.3 Å². The molecule has 5 rings (SSSR count). The number of fused-ring (bicyclic) bond motifs is 2. The van der Waals surface area contributed by atoms with Gasteiger partial charge >= 0.3 is 0 Å². The number of hydrogen-bond acceptors (Lipinski definition) is 3. The highest BCUT2D eigenvalue weighted by Gasteiger charge is 2.27. The van der Waals surface area contributed by atoms with Gasteiger partial charge < -0.3 is 14.2 Å². The zero-order valence-electron chi connectivity index (χ0n) is 16.9. The molecule has 0 unspecified atom stereocenters. The average Bonchev–Trinajstić information content (AvgIpc) is 3.08. The van der Waals surface area contributed by atoms with Crippen molar-refractivity contribution in [3.05, 3.63) is 64.3 Å². The third-order valence-electron chi connectivity index (χ3n) is 6.29. The van der Waals surface area contributed by atoms with Gasteiger partial charge in [0.15, 0.2) is 5.78 Å². The maximum Gasteiger partial charge on any atom is 0.253 e. The Balaban J connectivity index is 1.31. The van der Waals surface area contributed by atoms with Crippen LogP contribution in [0.1, 0.15) is 40.2 Å². The van der Waals surface area contributed by atoms with Gasteiger partial charge in [0.25, 0.3) is 5.91 Å². The third kappa shape index (κ3) is 3.37. The lowest BCUT2D eigenvalue weighted by atomic mass is 9.89. The number of halogens is 1. The van der Waals surface area contributed by atoms with Crippen LogP contribution in [-0.2, 0) is 18.3 Å². The average molecular weight is 423 g/mol. The van der Waals surface area contributed by atoms with Gasteiger partial charge in [-0.05, 0) is 54.7 Å². The van der Waals surface area contributed by atoms with E-state index in [9.17, 15) is 9.59 Å². The number of Topliss-reactive ketones (excluding diaryl/α,β-unsaturated/α-hetero) is 1. The summed E-state index contributed by atoms with van der Waals surface area (Å²) in [5.74, 6) is 1.21. The summed E-state index contributed by atoms with van der Waals surface area (Å²) in [5, 5.41) is 1.99. The first-order chi connectivity index (χ1) is 14.5. The normalized spacial score (nSPS) is 17.1. The molecular weight excluding hydrogens is 400 g/mol. The second-order valence-electron chi connectivity index (χ2n) is 8.25. The van der Waals surface area contributed by atoms with E-state index in [1.807, 2.05) is 36.2 Å². The fraction of sp³-hybridized carbons (Fsp3) is 0.333. The van der Waals surface area contributed by atoms with E-state index in [1.54, 1.807) is 6.07 Å². The summed E-state index contributed by atoms with van der Waals surface area (Å²) in [6.45, 7) is 1.56. The summed E-state index contributed by atoms with van der Waals surface area (Å²) in [4.78, 5) is 26.6. The summed E-state index contributed by atoms with van der Waals surface area (Å²) in [6, 6.07) is 11.5. The lowest BCUT2D eigenvalue weighted by molar-refractivity contribution is -0.121. The molecule has 1 amide bonds. The minimum Gasteiger partial charge on any atom is -0.486 e. The molecule has 1 saturated heterocycles. The van der Waals surface area contributed by atoms with Crippen LogP contribution in [0.25, 0.3) is 10.9 Å². The quantitative estimate of drug-likeness (QED) is 0.616. The van der Waals surface area contributed by atoms with Crippen LogP contribution in [0, 0.1) is 0 Å². The van der Waals surface area contributed by atoms with Crippen LogP contribution in [0.15, 0.2) is 42.6 Å². The first kappa shape index (κ1) is 19.2. The number of carbonyl (C=O) groups is 2. The summed E-state index contributed by atoms with van der Waals surface area (Å²) in [7, 11) is 2.05. The first-order valence-corrected chi connectivity index (χ1v) is 10.7. The molecule has 0 saturated carbocycles. The van der Waals surface area contributed by atoms with E-state index in [0.29, 0.717) is 23.7 Å². The van der Waals surface area contributed by atoms with Crippen LogP contribution >= 0.6 is 11.6 Å². The topological polar surface area (TPSA) is 51.5 Å². The fourth-order valence-corrected chi connectivity index (χ4v) is 4.87. The van der Waals surface area contributed by atoms with Crippen molar-refractivity contribution >= 4 is 34.2 Å². The lowest BCUT2D eigenvalue weighted by Gasteiger charge is -2.32. The summed E-state index contributed by atoms with van der Waals surface area (Å²) >= 11 is 6.17. The van der Waals surface area contributed by atoms with Crippen LogP contribution in [-0.4, -0.2) is 40.9 Å². The van der Waals surface area contributed by atoms with E-state index in [1.165, 1.54) is 10.9 Å². The van der Waals surface area contributed by atoms with Gasteiger partial charge in [0, 0.05) is 59.8 Å². The molecule has 1 aromatic heterocycles. The van der Waals surface area contributed by atoms with Crippen LogP contribution in [0.5, 0.6) is 5.75 Å². The predicted octanol–water partition coefficient (Wildman–Crippen LogP) is 4.36. The molecule has 5 nitrogen and oxygen atoms in total. The van der Waals surface area contributed by atoms with Crippen LogP contribution in [0.4, 0.5) is 0 Å². The largest absolute Gasteiger partial charge is 0.486 e. The molecule has 0 radical (unpaired) electrons. The Morgan fingerprint density at radius 1 is 1.13 bits per heavy atom. The number of ether oxygens (including phenoxy) is 1. The summed E-state index contributed by atoms with van der Waals surface area (Å²) in [6.07, 6.45) is 4.40. The van der Waals surface area contributed by atoms with Gasteiger partial charge in [0.05, 0.1) is 0 Å². The Labute approximate surface area is 180 Å². The van der Waals surface area contributed by atoms with Crippen molar-refractivity contribution in [3.63, 3.8) is 0 Å². The molecule has 2 aliphatic rings. The van der Waals surface area contributed by atoms with Gasteiger partial charge in [0.2, 0.25) is 0 Å². The molecule has 2 aliphatic heterocycles. The Kier molecular flexibility index (Phi) is 4.78. The highest BCUT2D eigenvalue weighted by molar-refractivity contribution is 6.31. The number of piperidine rings is 1. The monoisotopic (exact) mass is 422 g/mol. The zero-order valence-corrected chi connectivity index (χ0v) is 17.6. The molecule has 1 fully saturated rings. The number of likely N-dealkylation sites (tertiary alicyclic amines) is 1. The van der Waals surface area contributed by atoms with Crippen LogP contribution in [0.3, 0.4) is 0 Å². The Bertz CT molecular complexity index is 1160. The molecule has 3 heterocycles. The Morgan fingerprint density at radius 2 is 1.93 bits per heavy atom. The third-order valence-corrected chi connectivity index (χ3v) is 6.52. The zero-order chi connectivity index (χ0) is 20.8. The number of hydrogen-bond donors (Lipinski definition) is 0. The molecule has 0 aliphatic carbocycles. The van der Waals surface area contributed by atoms with Crippen molar-refractivity contribution in [3.8, 4) is 5.75 Å². The van der Waals surface area contributed by atoms with Gasteiger partial charge in [-0.3, -0.25) is 9.59 Å². The van der Waals surface area contributed by atoms with Gasteiger partial charge in [-0.2, -0.15) is 0 Å². The van der Waals surface area contributed by atoms with Crippen molar-refractivity contribution in [2.75, 3.05) is 19.7 Å². The number of aryl methyl sites for hydroxylation is 1. The molecule has 30 heavy (non-hydrogen) atoms. The minimum absolute atomic E-state index is 0.0268. The molecule has 154 valence electrons. The number of rotatable bonds is 2. The molecule has 3 aromatic rings. The first-order valence-electron chi connectivity index (χ1n) is 10.3. The van der Waals surface area contributed by atoms with Crippen molar-refractivity contribution in [1.82, 2.24) is 9.47 Å². The van der Waals surface area contributed by atoms with Crippen molar-refractivity contribution in [1.29, 1.82) is 0 Å². The highest BCUT2D eigenvalue weighted by Crippen LogP contribution is 2.35. The van der Waals surface area contributed by atoms with Gasteiger partial charge in [-0.25, -0.2) is 0 Å². The predicted molar refractivity (Wildman–Crippen MR) is 116 cm³/mol. The Morgan fingerprint density at radius 3 is 2.73 bits per heavy atom. The van der Waals surface area contributed by atoms with E-state index in [2.05, 4.69) is 16.8 Å². The van der Waals surface area contributed by atoms with Gasteiger partial charge in [-0.15, -0.1) is 0 Å². The molecule has 0 spiro atoms. The molecule has 0 atom stereocenters. The van der Waals surface area contributed by atoms with E-state index in [-0.39, 0.29) is 18.3 Å². The number of ketones is 1. The smallest absolute Gasteiger partial charge is 0.253 e. The lowest BCUT2D eigenvalue weighted by Crippen LogP contribution is -2.38. The number of aromatic nitrogens is 1. The number of benzene rings is 2. The Hall–Kier alpha value is -2.79. The summed E-state index contributed by atoms with van der Waals surface area (Å²) < 4.78 is 7.57. The van der Waals surface area contributed by atoms with E-state index >= 15 is 0 Å². The minimum atomic E-state index is 0.0268. The number of amides is 1. The highest BCUT2D eigenvalue weighted by atomic mass is 35.5. The molecule has 0 bridgehead atoms. The number of nitrogens with zero attached hydrogens (tertiary/aromatic N) is 2. The van der Waals surface area contributed by atoms with Crippen LogP contribution in [0.2, 0.25) is 5.02 Å². The summed E-state index contributed by atoms with van der Waals surface area (Å²) in [5.41, 5.74) is 3.91. The fourth-order valence-electron chi connectivity index (χ4n) is 4.70. The number of carbonyl (C=O) groups excluding carboxylic acids is 2. The van der Waals surface area contributed by atoms with Crippen molar-refractivity contribution in [2.45, 2.75) is 25.2 Å². The molecular formula is C24H23ClN2O3. The van der Waals surface area contributed by atoms with Crippen molar-refractivity contribution in [2.24, 2.45) is 7.05 Å². The van der Waals surface area contributed by atoms with Crippen LogP contribution < -0.4 is 4.74 Å². The molecule has 0 N–H and O–H groups in total. The molecule has 6 heteroatoms. The standard InChI is InChI=1S/C24H23ClN2O3/c1-26-13-21(20-4-3-18(25)12-22(20)26)15-6-8-27(9-7-15)24(29)16-2-5-23-17(10-16)11-19(28)14-30-23/h2-5,10,12-13,15H,6-9,11,14H2,1H3. The maximum absolute atomic E-state index is 13.0. The van der Waals surface area contributed by atoms with Gasteiger partial charge in [0.1, 0.15) is 12.4 Å². The SMILES string of the molecule is Cn1cc(C2CCN(C(=O)c3ccc4c(c3)CC(=O)CO4)CC2)c2ccc(Cl)cc21. The van der Waals surface area contributed by atoms with E-state index in [0.717, 1.165) is 42.0 Å². The van der Waals surface area contributed by atoms with E-state index < -0.39 is 0 Å².